The van der Waals surface area contributed by atoms with E-state index in [4.69, 9.17) is 0 Å². The molecule has 0 aromatic rings. The molecule has 0 fully saturated rings. The number of hydrogen-bond acceptors (Lipinski definition) is 3. The van der Waals surface area contributed by atoms with E-state index in [-0.39, 0.29) is 36.0 Å². The molecule has 0 saturated heterocycles. The molecule has 16 heavy (non-hydrogen) atoms. The number of amides is 3. The molecular weight excluding hydrogens is 227 g/mol. The molecule has 0 aromatic carbocycles. The van der Waals surface area contributed by atoms with Gasteiger partial charge in [0.2, 0.25) is 5.91 Å². The molecule has 0 spiro atoms. The van der Waals surface area contributed by atoms with Gasteiger partial charge >= 0.3 is 0 Å². The van der Waals surface area contributed by atoms with Crippen LogP contribution in [-0.2, 0) is 14.4 Å². The van der Waals surface area contributed by atoms with Crippen LogP contribution >= 0.6 is 9.24 Å². The highest BCUT2D eigenvalue weighted by Gasteiger charge is 2.24. The van der Waals surface area contributed by atoms with E-state index in [1.54, 1.807) is 0 Å². The predicted molar refractivity (Wildman–Crippen MR) is 62.4 cm³/mol. The smallest absolute Gasteiger partial charge is 0.253 e. The van der Waals surface area contributed by atoms with Crippen molar-refractivity contribution in [1.29, 1.82) is 0 Å². The molecule has 6 heteroatoms. The Bertz CT molecular complexity index is 340. The quantitative estimate of drug-likeness (QED) is 0.558. The fourth-order valence-corrected chi connectivity index (χ4v) is 1.45. The van der Waals surface area contributed by atoms with Crippen LogP contribution < -0.4 is 5.32 Å². The number of rotatable bonds is 4. The van der Waals surface area contributed by atoms with Gasteiger partial charge in [-0.1, -0.05) is 0 Å². The zero-order valence-corrected chi connectivity index (χ0v) is 10.5. The van der Waals surface area contributed by atoms with Crippen molar-refractivity contribution in [3.63, 3.8) is 0 Å². The number of imide groups is 1. The Balaban J connectivity index is 2.38. The summed E-state index contributed by atoms with van der Waals surface area (Å²) in [6.45, 7) is 3.80. The predicted octanol–water partition coefficient (Wildman–Crippen LogP) is 0.0289. The summed E-state index contributed by atoms with van der Waals surface area (Å²) in [5.41, 5.74) is 0. The van der Waals surface area contributed by atoms with E-state index in [1.807, 2.05) is 13.8 Å². The molecule has 0 bridgehead atoms. The molecule has 5 nitrogen and oxygen atoms in total. The molecule has 1 aliphatic heterocycles. The monoisotopic (exact) mass is 242 g/mol. The molecular formula is C10H15N2O3P. The van der Waals surface area contributed by atoms with Crippen LogP contribution in [0.4, 0.5) is 0 Å². The highest BCUT2D eigenvalue weighted by molar-refractivity contribution is 7.18. The topological polar surface area (TPSA) is 66.5 Å². The molecule has 0 aromatic heterocycles. The van der Waals surface area contributed by atoms with Gasteiger partial charge in [0.05, 0.1) is 0 Å². The lowest BCUT2D eigenvalue weighted by atomic mass is 10.3. The van der Waals surface area contributed by atoms with Gasteiger partial charge in [-0.25, -0.2) is 0 Å². The Morgan fingerprint density at radius 1 is 1.38 bits per heavy atom. The van der Waals surface area contributed by atoms with Gasteiger partial charge in [-0.3, -0.25) is 19.3 Å². The van der Waals surface area contributed by atoms with Gasteiger partial charge in [0.25, 0.3) is 11.8 Å². The molecule has 1 aliphatic rings. The molecule has 1 unspecified atom stereocenters. The Labute approximate surface area is 96.5 Å². The summed E-state index contributed by atoms with van der Waals surface area (Å²) < 4.78 is 0. The SMILES string of the molecule is CC(C)(P)NC(=O)CCN1C(=O)C=CC1=O. The Hall–Kier alpha value is -1.22. The van der Waals surface area contributed by atoms with Gasteiger partial charge in [0.15, 0.2) is 0 Å². The second-order valence-corrected chi connectivity index (χ2v) is 5.62. The van der Waals surface area contributed by atoms with Gasteiger partial charge in [-0.05, 0) is 13.8 Å². The normalized spacial score (nSPS) is 15.8. The number of carbonyl (C=O) groups is 3. The van der Waals surface area contributed by atoms with Crippen molar-refractivity contribution in [2.24, 2.45) is 0 Å². The van der Waals surface area contributed by atoms with E-state index in [9.17, 15) is 14.4 Å². The maximum Gasteiger partial charge on any atom is 0.253 e. The van der Waals surface area contributed by atoms with E-state index in [1.165, 1.54) is 12.2 Å². The third kappa shape index (κ3) is 3.74. The van der Waals surface area contributed by atoms with Crippen molar-refractivity contribution < 1.29 is 14.4 Å². The van der Waals surface area contributed by atoms with Crippen LogP contribution in [0.1, 0.15) is 20.3 Å². The molecule has 0 saturated carbocycles. The van der Waals surface area contributed by atoms with Crippen molar-refractivity contribution in [3.8, 4) is 0 Å². The molecule has 1 rings (SSSR count). The van der Waals surface area contributed by atoms with E-state index >= 15 is 0 Å². The second-order valence-electron chi connectivity index (χ2n) is 4.18. The van der Waals surface area contributed by atoms with E-state index in [2.05, 4.69) is 14.6 Å². The van der Waals surface area contributed by atoms with Crippen LogP contribution in [0.5, 0.6) is 0 Å². The van der Waals surface area contributed by atoms with Crippen LogP contribution in [0, 0.1) is 0 Å². The molecule has 88 valence electrons. The lowest BCUT2D eigenvalue weighted by Crippen LogP contribution is -2.40. The number of hydrogen-bond donors (Lipinski definition) is 1. The van der Waals surface area contributed by atoms with Crippen LogP contribution in [0.2, 0.25) is 0 Å². The number of carbonyl (C=O) groups excluding carboxylic acids is 3. The van der Waals surface area contributed by atoms with Crippen molar-refractivity contribution in [1.82, 2.24) is 10.2 Å². The van der Waals surface area contributed by atoms with Crippen LogP contribution in [0.15, 0.2) is 12.2 Å². The standard InChI is InChI=1S/C10H15N2O3P/c1-10(2,16)11-7(13)5-6-12-8(14)3-4-9(12)15/h3-4H,5-6,16H2,1-2H3,(H,11,13). The molecule has 0 radical (unpaired) electrons. The van der Waals surface area contributed by atoms with Crippen LogP contribution in [0.3, 0.4) is 0 Å². The van der Waals surface area contributed by atoms with Crippen molar-refractivity contribution in [3.05, 3.63) is 12.2 Å². The zero-order chi connectivity index (χ0) is 12.3. The zero-order valence-electron chi connectivity index (χ0n) is 9.32. The molecule has 1 atom stereocenters. The van der Waals surface area contributed by atoms with Gasteiger partial charge in [-0.2, -0.15) is 0 Å². The first-order valence-electron chi connectivity index (χ1n) is 4.93. The summed E-state index contributed by atoms with van der Waals surface area (Å²) in [5, 5.41) is 2.35. The highest BCUT2D eigenvalue weighted by atomic mass is 31.0. The Kier molecular flexibility index (Phi) is 3.81. The first-order valence-corrected chi connectivity index (χ1v) is 5.51. The first-order chi connectivity index (χ1) is 7.29. The van der Waals surface area contributed by atoms with Gasteiger partial charge < -0.3 is 5.32 Å². The average Bonchev–Trinajstić information content (AvgIpc) is 2.41. The van der Waals surface area contributed by atoms with Crippen LogP contribution in [0.25, 0.3) is 0 Å². The second kappa shape index (κ2) is 4.74. The number of nitrogens with zero attached hydrogens (tertiary/aromatic N) is 1. The summed E-state index contributed by atoms with van der Waals surface area (Å²) in [6, 6.07) is 0. The summed E-state index contributed by atoms with van der Waals surface area (Å²) >= 11 is 0. The van der Waals surface area contributed by atoms with Crippen molar-refractivity contribution in [2.75, 3.05) is 6.54 Å². The lowest BCUT2D eigenvalue weighted by Gasteiger charge is -2.21. The molecule has 1 heterocycles. The maximum absolute atomic E-state index is 11.4. The molecule has 1 N–H and O–H groups in total. The number of nitrogens with one attached hydrogen (secondary N) is 1. The van der Waals surface area contributed by atoms with Gasteiger partial charge in [0, 0.05) is 30.4 Å². The molecule has 0 aliphatic carbocycles. The first kappa shape index (κ1) is 12.8. The summed E-state index contributed by atoms with van der Waals surface area (Å²) in [6.07, 6.45) is 2.54. The van der Waals surface area contributed by atoms with Gasteiger partial charge in [0.1, 0.15) is 0 Å². The van der Waals surface area contributed by atoms with Gasteiger partial charge in [-0.15, -0.1) is 9.24 Å². The average molecular weight is 242 g/mol. The maximum atomic E-state index is 11.4. The summed E-state index contributed by atoms with van der Waals surface area (Å²) in [5.74, 6) is -0.904. The fraction of sp³-hybridized carbons (Fsp3) is 0.500. The fourth-order valence-electron chi connectivity index (χ4n) is 1.29. The highest BCUT2D eigenvalue weighted by Crippen LogP contribution is 2.11. The summed E-state index contributed by atoms with van der Waals surface area (Å²) in [7, 11) is 2.49. The minimum absolute atomic E-state index is 0.122. The van der Waals surface area contributed by atoms with E-state index < -0.39 is 0 Å². The summed E-state index contributed by atoms with van der Waals surface area (Å²) in [4.78, 5) is 34.8. The van der Waals surface area contributed by atoms with Crippen LogP contribution in [-0.4, -0.2) is 34.4 Å². The van der Waals surface area contributed by atoms with E-state index in [0.717, 1.165) is 4.90 Å². The Morgan fingerprint density at radius 2 is 1.88 bits per heavy atom. The van der Waals surface area contributed by atoms with Crippen molar-refractivity contribution >= 4 is 27.0 Å². The minimum Gasteiger partial charge on any atom is -0.348 e. The van der Waals surface area contributed by atoms with Crippen molar-refractivity contribution in [2.45, 2.75) is 25.5 Å². The third-order valence-electron chi connectivity index (χ3n) is 1.92. The third-order valence-corrected chi connectivity index (χ3v) is 2.07. The molecule has 3 amide bonds. The largest absolute Gasteiger partial charge is 0.348 e. The lowest BCUT2D eigenvalue weighted by molar-refractivity contribution is -0.137. The van der Waals surface area contributed by atoms with E-state index in [0.29, 0.717) is 0 Å². The Morgan fingerprint density at radius 3 is 2.31 bits per heavy atom. The minimum atomic E-state index is -0.381.